The van der Waals surface area contributed by atoms with E-state index in [1.165, 1.54) is 25.3 Å². The van der Waals surface area contributed by atoms with Crippen molar-refractivity contribution in [2.24, 2.45) is 5.73 Å². The van der Waals surface area contributed by atoms with Gasteiger partial charge in [-0.15, -0.1) is 0 Å². The minimum atomic E-state index is -0.874. The molecule has 0 amide bonds. The first-order valence-corrected chi connectivity index (χ1v) is 4.25. The van der Waals surface area contributed by atoms with Crippen molar-refractivity contribution in [2.45, 2.75) is 12.5 Å². The highest BCUT2D eigenvalue weighted by Gasteiger charge is 2.21. The third-order valence-electron chi connectivity index (χ3n) is 2.14. The highest BCUT2D eigenvalue weighted by molar-refractivity contribution is 5.34. The van der Waals surface area contributed by atoms with Gasteiger partial charge in [0.25, 0.3) is 0 Å². The van der Waals surface area contributed by atoms with Gasteiger partial charge in [-0.1, -0.05) is 6.07 Å². The van der Waals surface area contributed by atoms with Gasteiger partial charge in [-0.2, -0.15) is 0 Å². The molecule has 0 unspecified atom stereocenters. The van der Waals surface area contributed by atoms with Gasteiger partial charge in [-0.3, -0.25) is 0 Å². The van der Waals surface area contributed by atoms with Gasteiger partial charge in [0.05, 0.1) is 19.3 Å². The van der Waals surface area contributed by atoms with E-state index in [0.717, 1.165) is 0 Å². The fraction of sp³-hybridized carbons (Fsp3) is 0.400. The number of nitrogens with two attached hydrogens (primary N) is 1. The summed E-state index contributed by atoms with van der Waals surface area (Å²) in [7, 11) is 1.38. The second-order valence-electron chi connectivity index (χ2n) is 3.42. The summed E-state index contributed by atoms with van der Waals surface area (Å²) >= 11 is 0. The molecule has 0 bridgehead atoms. The molecule has 78 valence electrons. The number of aliphatic hydroxyl groups is 1. The van der Waals surface area contributed by atoms with E-state index in [2.05, 4.69) is 0 Å². The van der Waals surface area contributed by atoms with Gasteiger partial charge in [0.15, 0.2) is 11.6 Å². The van der Waals surface area contributed by atoms with Gasteiger partial charge in [-0.25, -0.2) is 4.39 Å². The molecule has 3 nitrogen and oxygen atoms in total. The largest absolute Gasteiger partial charge is 0.494 e. The molecule has 0 saturated heterocycles. The minimum absolute atomic E-state index is 0.132. The zero-order valence-electron chi connectivity index (χ0n) is 8.25. The molecule has 0 saturated carbocycles. The lowest BCUT2D eigenvalue weighted by Gasteiger charge is -2.22. The maximum absolute atomic E-state index is 13.0. The van der Waals surface area contributed by atoms with E-state index in [9.17, 15) is 4.39 Å². The van der Waals surface area contributed by atoms with Crippen LogP contribution in [-0.2, 0) is 5.54 Å². The van der Waals surface area contributed by atoms with Crippen molar-refractivity contribution in [1.29, 1.82) is 0 Å². The maximum atomic E-state index is 13.0. The lowest BCUT2D eigenvalue weighted by molar-refractivity contribution is 0.209. The van der Waals surface area contributed by atoms with Crippen LogP contribution in [0.2, 0.25) is 0 Å². The molecule has 0 aliphatic heterocycles. The Labute approximate surface area is 82.3 Å². The number of rotatable bonds is 3. The smallest absolute Gasteiger partial charge is 0.165 e. The summed E-state index contributed by atoms with van der Waals surface area (Å²) in [5.41, 5.74) is 5.55. The fourth-order valence-electron chi connectivity index (χ4n) is 1.11. The van der Waals surface area contributed by atoms with E-state index in [4.69, 9.17) is 15.6 Å². The average Bonchev–Trinajstić information content (AvgIpc) is 2.18. The van der Waals surface area contributed by atoms with E-state index >= 15 is 0 Å². The van der Waals surface area contributed by atoms with Crippen LogP contribution in [0.1, 0.15) is 12.5 Å². The maximum Gasteiger partial charge on any atom is 0.165 e. The molecule has 1 rings (SSSR count). The zero-order valence-corrected chi connectivity index (χ0v) is 8.25. The van der Waals surface area contributed by atoms with Crippen LogP contribution in [-0.4, -0.2) is 18.8 Å². The Morgan fingerprint density at radius 1 is 1.57 bits per heavy atom. The van der Waals surface area contributed by atoms with Gasteiger partial charge in [-0.05, 0) is 24.6 Å². The molecule has 0 aliphatic carbocycles. The minimum Gasteiger partial charge on any atom is -0.494 e. The number of methoxy groups -OCH3 is 1. The molecular formula is C10H14FNO2. The molecule has 1 atom stereocenters. The van der Waals surface area contributed by atoms with Crippen LogP contribution in [0.25, 0.3) is 0 Å². The molecule has 4 heteroatoms. The number of ether oxygens (including phenoxy) is 1. The molecule has 14 heavy (non-hydrogen) atoms. The highest BCUT2D eigenvalue weighted by Crippen LogP contribution is 2.24. The third-order valence-corrected chi connectivity index (χ3v) is 2.14. The Kier molecular flexibility index (Phi) is 3.08. The fourth-order valence-corrected chi connectivity index (χ4v) is 1.11. The first-order chi connectivity index (χ1) is 6.51. The SMILES string of the molecule is COc1cc([C@](C)(N)CO)ccc1F. The summed E-state index contributed by atoms with van der Waals surface area (Å²) in [5.74, 6) is -0.308. The van der Waals surface area contributed by atoms with Crippen LogP contribution in [0.15, 0.2) is 18.2 Å². The second-order valence-corrected chi connectivity index (χ2v) is 3.42. The van der Waals surface area contributed by atoms with Crippen molar-refractivity contribution >= 4 is 0 Å². The van der Waals surface area contributed by atoms with Gasteiger partial charge >= 0.3 is 0 Å². The molecule has 0 heterocycles. The molecule has 1 aromatic rings. The van der Waals surface area contributed by atoms with Crippen molar-refractivity contribution in [1.82, 2.24) is 0 Å². The van der Waals surface area contributed by atoms with E-state index < -0.39 is 11.4 Å². The van der Waals surface area contributed by atoms with Crippen LogP contribution < -0.4 is 10.5 Å². The molecular weight excluding hydrogens is 185 g/mol. The Bertz CT molecular complexity index is 326. The normalized spacial score (nSPS) is 14.9. The molecule has 0 aliphatic rings. The van der Waals surface area contributed by atoms with Crippen LogP contribution in [0.5, 0.6) is 5.75 Å². The molecule has 0 fully saturated rings. The quantitative estimate of drug-likeness (QED) is 0.763. The second kappa shape index (κ2) is 3.94. The van der Waals surface area contributed by atoms with Crippen LogP contribution in [0, 0.1) is 5.82 Å². The summed E-state index contributed by atoms with van der Waals surface area (Å²) in [6.07, 6.45) is 0. The Morgan fingerprint density at radius 3 is 2.71 bits per heavy atom. The Morgan fingerprint density at radius 2 is 2.21 bits per heavy atom. The van der Waals surface area contributed by atoms with Crippen molar-refractivity contribution in [2.75, 3.05) is 13.7 Å². The molecule has 0 radical (unpaired) electrons. The third kappa shape index (κ3) is 2.02. The monoisotopic (exact) mass is 199 g/mol. The molecule has 3 N–H and O–H groups in total. The first-order valence-electron chi connectivity index (χ1n) is 4.25. The van der Waals surface area contributed by atoms with Crippen LogP contribution in [0.3, 0.4) is 0 Å². The lowest BCUT2D eigenvalue weighted by atomic mass is 9.94. The summed E-state index contributed by atoms with van der Waals surface area (Å²) in [4.78, 5) is 0. The topological polar surface area (TPSA) is 55.5 Å². The van der Waals surface area contributed by atoms with Crippen molar-refractivity contribution in [3.05, 3.63) is 29.6 Å². The Balaban J connectivity index is 3.12. The standard InChI is InChI=1S/C10H14FNO2/c1-10(12,6-13)7-3-4-8(11)9(5-7)14-2/h3-5,13H,6,12H2,1-2H3/t10-/m1/s1. The number of hydrogen-bond donors (Lipinski definition) is 2. The molecule has 0 spiro atoms. The summed E-state index contributed by atoms with van der Waals surface area (Å²) < 4.78 is 17.8. The van der Waals surface area contributed by atoms with E-state index in [1.807, 2.05) is 0 Å². The predicted molar refractivity (Wildman–Crippen MR) is 51.6 cm³/mol. The summed E-state index contributed by atoms with van der Waals surface area (Å²) in [6, 6.07) is 4.30. The predicted octanol–water partition coefficient (Wildman–Crippen LogP) is 1.00. The van der Waals surface area contributed by atoms with Crippen molar-refractivity contribution < 1.29 is 14.2 Å². The zero-order chi connectivity index (χ0) is 10.8. The van der Waals surface area contributed by atoms with E-state index in [-0.39, 0.29) is 12.4 Å². The van der Waals surface area contributed by atoms with Crippen molar-refractivity contribution in [3.63, 3.8) is 0 Å². The van der Waals surface area contributed by atoms with Gasteiger partial charge < -0.3 is 15.6 Å². The van der Waals surface area contributed by atoms with Gasteiger partial charge in [0.1, 0.15) is 0 Å². The number of halogens is 1. The lowest BCUT2D eigenvalue weighted by Crippen LogP contribution is -2.36. The average molecular weight is 199 g/mol. The van der Waals surface area contributed by atoms with Gasteiger partial charge in [0.2, 0.25) is 0 Å². The van der Waals surface area contributed by atoms with E-state index in [1.54, 1.807) is 6.92 Å². The summed E-state index contributed by atoms with van der Waals surface area (Å²) in [6.45, 7) is 1.46. The molecule has 0 aromatic heterocycles. The Hall–Kier alpha value is -1.13. The molecule has 1 aromatic carbocycles. The van der Waals surface area contributed by atoms with Gasteiger partial charge in [0, 0.05) is 0 Å². The number of benzene rings is 1. The number of aliphatic hydroxyl groups excluding tert-OH is 1. The van der Waals surface area contributed by atoms with Crippen LogP contribution in [0.4, 0.5) is 4.39 Å². The van der Waals surface area contributed by atoms with Crippen LogP contribution >= 0.6 is 0 Å². The highest BCUT2D eigenvalue weighted by atomic mass is 19.1. The number of hydrogen-bond acceptors (Lipinski definition) is 3. The van der Waals surface area contributed by atoms with Crippen molar-refractivity contribution in [3.8, 4) is 5.75 Å². The summed E-state index contributed by atoms with van der Waals surface area (Å²) in [5, 5.41) is 9.02. The first kappa shape index (κ1) is 10.9. The van der Waals surface area contributed by atoms with E-state index in [0.29, 0.717) is 5.56 Å².